The van der Waals surface area contributed by atoms with Crippen LogP contribution in [-0.2, 0) is 14.4 Å². The molecule has 5 rings (SSSR count). The zero-order valence-corrected chi connectivity index (χ0v) is 23.9. The van der Waals surface area contributed by atoms with E-state index >= 15 is 0 Å². The van der Waals surface area contributed by atoms with Crippen LogP contribution in [0.2, 0.25) is 0 Å². The smallest absolute Gasteiger partial charge is 0.317 e. The van der Waals surface area contributed by atoms with Gasteiger partial charge in [0.15, 0.2) is 5.78 Å². The number of carbonyl (C=O) groups excluding carboxylic acids is 1. The summed E-state index contributed by atoms with van der Waals surface area (Å²) in [4.78, 5) is 55.6. The monoisotopic (exact) mass is 588 g/mol. The lowest BCUT2D eigenvalue weighted by molar-refractivity contribution is -0.140. The Morgan fingerprint density at radius 1 is 0.488 bits per heavy atom. The predicted octanol–water partition coefficient (Wildman–Crippen LogP) is 2.24. The van der Waals surface area contributed by atoms with E-state index in [0.717, 1.165) is 32.3 Å². The van der Waals surface area contributed by atoms with E-state index in [0.29, 0.717) is 57.9 Å². The van der Waals surface area contributed by atoms with E-state index in [1.54, 1.807) is 14.7 Å². The second kappa shape index (κ2) is 13.4. The summed E-state index contributed by atoms with van der Waals surface area (Å²) in [6.45, 7) is 2.27. The highest BCUT2D eigenvalue weighted by Crippen LogP contribution is 2.36. The minimum absolute atomic E-state index is 0.0627. The van der Waals surface area contributed by atoms with Gasteiger partial charge in [0.1, 0.15) is 0 Å². The third-order valence-electron chi connectivity index (χ3n) is 8.20. The van der Waals surface area contributed by atoms with E-state index in [2.05, 4.69) is 24.3 Å². The highest BCUT2D eigenvalue weighted by Gasteiger charge is 2.22. The molecule has 1 fully saturated rings. The Bertz CT molecular complexity index is 1590. The zero-order chi connectivity index (χ0) is 30.5. The van der Waals surface area contributed by atoms with Gasteiger partial charge in [0.25, 0.3) is 0 Å². The van der Waals surface area contributed by atoms with Crippen molar-refractivity contribution in [3.63, 3.8) is 0 Å². The van der Waals surface area contributed by atoms with Crippen LogP contribution in [0.15, 0.2) is 54.6 Å². The predicted molar refractivity (Wildman–Crippen MR) is 163 cm³/mol. The molecule has 1 aliphatic rings. The highest BCUT2D eigenvalue weighted by molar-refractivity contribution is 6.26. The second-order valence-corrected chi connectivity index (χ2v) is 11.2. The Morgan fingerprint density at radius 2 is 0.860 bits per heavy atom. The standard InChI is InChI=1S/C32H36N4O7/c37-27(25-8-6-24-5-4-22-2-1-3-23-7-9-26(25)32(24)31(22)23)18-33-10-12-34(19-28(38)39)14-16-36(21-30(42)43)17-15-35(13-11-33)20-29(40)41/h1-9H,10-21H2,(H,38,39)(H,40,41)(H,42,43). The summed E-state index contributed by atoms with van der Waals surface area (Å²) in [5.74, 6) is -3.04. The molecule has 0 saturated carbocycles. The topological polar surface area (TPSA) is 142 Å². The van der Waals surface area contributed by atoms with E-state index in [1.807, 2.05) is 35.2 Å². The third kappa shape index (κ3) is 7.44. The SMILES string of the molecule is O=C(O)CN1CCN(CC(=O)O)CCN(CC(=O)c2ccc3ccc4cccc5ccc2c3c45)CCN(CC(=O)O)CC1. The Morgan fingerprint density at radius 3 is 1.30 bits per heavy atom. The van der Waals surface area contributed by atoms with Gasteiger partial charge in [-0.1, -0.05) is 54.6 Å². The molecule has 43 heavy (non-hydrogen) atoms. The van der Waals surface area contributed by atoms with Crippen LogP contribution in [0.3, 0.4) is 0 Å². The summed E-state index contributed by atoms with van der Waals surface area (Å²) < 4.78 is 0. The fraction of sp³-hybridized carbons (Fsp3) is 0.375. The van der Waals surface area contributed by atoms with Gasteiger partial charge >= 0.3 is 17.9 Å². The number of carboxylic acids is 3. The van der Waals surface area contributed by atoms with E-state index in [9.17, 15) is 34.5 Å². The van der Waals surface area contributed by atoms with Gasteiger partial charge in [-0.3, -0.25) is 38.8 Å². The quantitative estimate of drug-likeness (QED) is 0.196. The van der Waals surface area contributed by atoms with E-state index in [1.165, 1.54) is 0 Å². The number of nitrogens with zero attached hydrogens (tertiary/aromatic N) is 4. The van der Waals surface area contributed by atoms with Crippen LogP contribution < -0.4 is 0 Å². The van der Waals surface area contributed by atoms with Crippen molar-refractivity contribution in [1.29, 1.82) is 0 Å². The van der Waals surface area contributed by atoms with Crippen LogP contribution in [0.1, 0.15) is 10.4 Å². The molecular weight excluding hydrogens is 552 g/mol. The molecule has 0 atom stereocenters. The molecule has 1 aliphatic heterocycles. The average molecular weight is 589 g/mol. The Balaban J connectivity index is 1.40. The summed E-state index contributed by atoms with van der Waals surface area (Å²) >= 11 is 0. The third-order valence-corrected chi connectivity index (χ3v) is 8.20. The average Bonchev–Trinajstić information content (AvgIpc) is 2.96. The summed E-state index contributed by atoms with van der Waals surface area (Å²) in [6, 6.07) is 18.2. The van der Waals surface area contributed by atoms with E-state index in [4.69, 9.17) is 0 Å². The van der Waals surface area contributed by atoms with Crippen LogP contribution in [0, 0.1) is 0 Å². The normalized spacial score (nSPS) is 17.2. The molecule has 0 spiro atoms. The summed E-state index contributed by atoms with van der Waals surface area (Å²) in [7, 11) is 0. The van der Waals surface area contributed by atoms with Gasteiger partial charge in [-0.15, -0.1) is 0 Å². The molecule has 226 valence electrons. The van der Waals surface area contributed by atoms with Gasteiger partial charge in [-0.2, -0.15) is 0 Å². The number of aliphatic carboxylic acids is 3. The van der Waals surface area contributed by atoms with Crippen molar-refractivity contribution >= 4 is 56.0 Å². The van der Waals surface area contributed by atoms with E-state index in [-0.39, 0.29) is 32.0 Å². The summed E-state index contributed by atoms with van der Waals surface area (Å²) in [5, 5.41) is 34.7. The fourth-order valence-electron chi connectivity index (χ4n) is 6.05. The number of ketones is 1. The Kier molecular flexibility index (Phi) is 9.46. The van der Waals surface area contributed by atoms with Gasteiger partial charge in [0, 0.05) is 57.9 Å². The van der Waals surface area contributed by atoms with Crippen LogP contribution in [-0.4, -0.2) is 137 Å². The molecule has 1 heterocycles. The van der Waals surface area contributed by atoms with Gasteiger partial charge in [0.05, 0.1) is 26.2 Å². The first-order valence-corrected chi connectivity index (χ1v) is 14.4. The zero-order valence-electron chi connectivity index (χ0n) is 23.9. The lowest BCUT2D eigenvalue weighted by atomic mass is 9.91. The molecule has 0 unspecified atom stereocenters. The largest absolute Gasteiger partial charge is 0.480 e. The van der Waals surface area contributed by atoms with Crippen LogP contribution in [0.5, 0.6) is 0 Å². The van der Waals surface area contributed by atoms with Crippen molar-refractivity contribution in [1.82, 2.24) is 19.6 Å². The number of hydrogen-bond donors (Lipinski definition) is 3. The van der Waals surface area contributed by atoms with Crippen LogP contribution in [0.25, 0.3) is 32.3 Å². The molecule has 1 saturated heterocycles. The van der Waals surface area contributed by atoms with Gasteiger partial charge in [-0.25, -0.2) is 0 Å². The molecule has 0 aromatic heterocycles. The minimum Gasteiger partial charge on any atom is -0.480 e. The van der Waals surface area contributed by atoms with Crippen molar-refractivity contribution in [3.8, 4) is 0 Å². The first kappa shape index (κ1) is 30.3. The molecule has 3 N–H and O–H groups in total. The number of Topliss-reactive ketones (excluding diaryl/α,β-unsaturated/α-hetero) is 1. The first-order valence-electron chi connectivity index (χ1n) is 14.4. The van der Waals surface area contributed by atoms with Gasteiger partial charge in [0.2, 0.25) is 0 Å². The number of rotatable bonds is 9. The molecular formula is C32H36N4O7. The van der Waals surface area contributed by atoms with Crippen molar-refractivity contribution in [2.45, 2.75) is 0 Å². The van der Waals surface area contributed by atoms with Gasteiger partial charge in [-0.05, 0) is 32.3 Å². The number of benzene rings is 4. The summed E-state index contributed by atoms with van der Waals surface area (Å²) in [6.07, 6.45) is 0. The van der Waals surface area contributed by atoms with Gasteiger partial charge < -0.3 is 15.3 Å². The van der Waals surface area contributed by atoms with Crippen molar-refractivity contribution < 1.29 is 34.5 Å². The van der Waals surface area contributed by atoms with Crippen molar-refractivity contribution in [3.05, 3.63) is 60.2 Å². The lowest BCUT2D eigenvalue weighted by Crippen LogP contribution is -2.49. The number of carbonyl (C=O) groups is 4. The van der Waals surface area contributed by atoms with Crippen molar-refractivity contribution in [2.75, 3.05) is 78.5 Å². The molecule has 0 bridgehead atoms. The number of hydrogen-bond acceptors (Lipinski definition) is 8. The maximum absolute atomic E-state index is 13.9. The molecule has 4 aromatic carbocycles. The lowest BCUT2D eigenvalue weighted by Gasteiger charge is -2.33. The van der Waals surface area contributed by atoms with Crippen LogP contribution >= 0.6 is 0 Å². The summed E-state index contributed by atoms with van der Waals surface area (Å²) in [5.41, 5.74) is 0.617. The number of carboxylic acid groups (broad SMARTS) is 3. The molecule has 0 radical (unpaired) electrons. The molecule has 11 heteroatoms. The Labute approximate surface area is 248 Å². The molecule has 4 aromatic rings. The fourth-order valence-corrected chi connectivity index (χ4v) is 6.05. The van der Waals surface area contributed by atoms with Crippen LogP contribution in [0.4, 0.5) is 0 Å². The van der Waals surface area contributed by atoms with Crippen molar-refractivity contribution in [2.24, 2.45) is 0 Å². The van der Waals surface area contributed by atoms with E-state index < -0.39 is 17.9 Å². The Hall–Kier alpha value is -4.16. The second-order valence-electron chi connectivity index (χ2n) is 11.2. The maximum atomic E-state index is 13.9. The molecule has 0 aliphatic carbocycles. The first-order chi connectivity index (χ1) is 20.7. The highest BCUT2D eigenvalue weighted by atomic mass is 16.4. The maximum Gasteiger partial charge on any atom is 0.317 e. The minimum atomic E-state index is -1.00. The molecule has 11 nitrogen and oxygen atoms in total. The molecule has 0 amide bonds.